The Hall–Kier alpha value is -1.88. The summed E-state index contributed by atoms with van der Waals surface area (Å²) in [4.78, 5) is 4.39. The van der Waals surface area contributed by atoms with Crippen molar-refractivity contribution >= 4 is 0 Å². The molecule has 100 valence electrons. The van der Waals surface area contributed by atoms with E-state index >= 15 is 0 Å². The van der Waals surface area contributed by atoms with Gasteiger partial charge in [0.15, 0.2) is 5.82 Å². The number of hydrogen-bond donors (Lipinski definition) is 1. The van der Waals surface area contributed by atoms with Crippen molar-refractivity contribution < 1.29 is 14.4 Å². The molecule has 1 N–H and O–H groups in total. The van der Waals surface area contributed by atoms with Gasteiger partial charge >= 0.3 is 0 Å². The summed E-state index contributed by atoms with van der Waals surface area (Å²) in [6, 6.07) is 5.47. The highest BCUT2D eigenvalue weighted by molar-refractivity contribution is 5.64. The third kappa shape index (κ3) is 2.33. The van der Waals surface area contributed by atoms with Gasteiger partial charge in [0.05, 0.1) is 12.2 Å². The zero-order valence-electron chi connectivity index (χ0n) is 10.8. The molecule has 1 aromatic carbocycles. The number of aromatic hydroxyl groups is 1. The Balaban J connectivity index is 1.90. The maximum atomic E-state index is 10.0. The lowest BCUT2D eigenvalue weighted by Crippen LogP contribution is -2.16. The minimum absolute atomic E-state index is 0.192. The van der Waals surface area contributed by atoms with Crippen LogP contribution in [0.25, 0.3) is 11.5 Å². The van der Waals surface area contributed by atoms with Gasteiger partial charge < -0.3 is 14.4 Å². The standard InChI is InChI=1S/C14H16N2O3/c1-9-4-2-6-11(12(9)17)14-15-13(16-19-14)10-5-3-7-18-8-10/h2,4,6,10,17H,3,5,7-8H2,1H3. The number of ether oxygens (including phenoxy) is 1. The smallest absolute Gasteiger partial charge is 0.261 e. The van der Waals surface area contributed by atoms with Gasteiger partial charge in [-0.25, -0.2) is 0 Å². The fraction of sp³-hybridized carbons (Fsp3) is 0.429. The van der Waals surface area contributed by atoms with Gasteiger partial charge in [-0.05, 0) is 31.4 Å². The van der Waals surface area contributed by atoms with Crippen molar-refractivity contribution in [2.45, 2.75) is 25.7 Å². The fourth-order valence-corrected chi connectivity index (χ4v) is 2.29. The predicted octanol–water partition coefficient (Wildman–Crippen LogP) is 2.64. The minimum Gasteiger partial charge on any atom is -0.507 e. The molecule has 5 heteroatoms. The number of rotatable bonds is 2. The maximum absolute atomic E-state index is 10.0. The molecule has 0 saturated carbocycles. The minimum atomic E-state index is 0.192. The molecule has 19 heavy (non-hydrogen) atoms. The maximum Gasteiger partial charge on any atom is 0.261 e. The van der Waals surface area contributed by atoms with E-state index in [1.807, 2.05) is 19.1 Å². The fourth-order valence-electron chi connectivity index (χ4n) is 2.29. The van der Waals surface area contributed by atoms with Crippen LogP contribution in [0.1, 0.15) is 30.1 Å². The average Bonchev–Trinajstić information content (AvgIpc) is 2.92. The second kappa shape index (κ2) is 5.01. The number of hydrogen-bond acceptors (Lipinski definition) is 5. The molecule has 2 aromatic rings. The molecule has 3 rings (SSSR count). The van der Waals surface area contributed by atoms with Crippen LogP contribution < -0.4 is 0 Å². The zero-order chi connectivity index (χ0) is 13.2. The number of phenols is 1. The van der Waals surface area contributed by atoms with E-state index in [2.05, 4.69) is 10.1 Å². The highest BCUT2D eigenvalue weighted by Crippen LogP contribution is 2.32. The Bertz CT molecular complexity index is 574. The second-order valence-corrected chi connectivity index (χ2v) is 4.84. The van der Waals surface area contributed by atoms with Crippen LogP contribution in [-0.2, 0) is 4.74 Å². The van der Waals surface area contributed by atoms with Gasteiger partial charge in [0.1, 0.15) is 5.75 Å². The summed E-state index contributed by atoms with van der Waals surface area (Å²) in [5, 5.41) is 14.0. The first-order chi connectivity index (χ1) is 9.25. The van der Waals surface area contributed by atoms with Crippen molar-refractivity contribution in [3.8, 4) is 17.2 Å². The molecule has 2 heterocycles. The molecule has 0 aliphatic carbocycles. The van der Waals surface area contributed by atoms with E-state index in [1.165, 1.54) is 0 Å². The molecule has 1 aromatic heterocycles. The van der Waals surface area contributed by atoms with E-state index in [0.29, 0.717) is 23.9 Å². The number of aromatic nitrogens is 2. The Morgan fingerprint density at radius 1 is 1.37 bits per heavy atom. The largest absolute Gasteiger partial charge is 0.507 e. The van der Waals surface area contributed by atoms with Crippen LogP contribution in [0.3, 0.4) is 0 Å². The van der Waals surface area contributed by atoms with Crippen molar-refractivity contribution in [2.75, 3.05) is 13.2 Å². The van der Waals surface area contributed by atoms with Crippen molar-refractivity contribution in [1.82, 2.24) is 10.1 Å². The first-order valence-corrected chi connectivity index (χ1v) is 6.46. The van der Waals surface area contributed by atoms with Crippen molar-refractivity contribution in [3.63, 3.8) is 0 Å². The summed E-state index contributed by atoms with van der Waals surface area (Å²) in [7, 11) is 0. The van der Waals surface area contributed by atoms with E-state index in [1.54, 1.807) is 6.07 Å². The summed E-state index contributed by atoms with van der Waals surface area (Å²) in [6.45, 7) is 3.28. The number of phenolic OH excluding ortho intramolecular Hbond substituents is 1. The quantitative estimate of drug-likeness (QED) is 0.899. The number of para-hydroxylation sites is 1. The van der Waals surface area contributed by atoms with Gasteiger partial charge in [0.25, 0.3) is 5.89 Å². The van der Waals surface area contributed by atoms with Gasteiger partial charge in [0.2, 0.25) is 0 Å². The van der Waals surface area contributed by atoms with Gasteiger partial charge in [0, 0.05) is 12.5 Å². The average molecular weight is 260 g/mol. The highest BCUT2D eigenvalue weighted by Gasteiger charge is 2.22. The summed E-state index contributed by atoms with van der Waals surface area (Å²) in [6.07, 6.45) is 2.03. The Labute approximate surface area is 111 Å². The summed E-state index contributed by atoms with van der Waals surface area (Å²) in [5.74, 6) is 1.41. The molecule has 1 aliphatic heterocycles. The molecule has 0 spiro atoms. The van der Waals surface area contributed by atoms with Gasteiger partial charge in [-0.3, -0.25) is 0 Å². The molecule has 0 radical (unpaired) electrons. The molecular formula is C14H16N2O3. The lowest BCUT2D eigenvalue weighted by Gasteiger charge is -2.18. The topological polar surface area (TPSA) is 68.4 Å². The molecule has 1 atom stereocenters. The lowest BCUT2D eigenvalue weighted by molar-refractivity contribution is 0.0773. The molecule has 1 saturated heterocycles. The van der Waals surface area contributed by atoms with Gasteiger partial charge in [-0.2, -0.15) is 4.98 Å². The third-order valence-electron chi connectivity index (χ3n) is 3.44. The second-order valence-electron chi connectivity index (χ2n) is 4.84. The molecule has 5 nitrogen and oxygen atoms in total. The third-order valence-corrected chi connectivity index (χ3v) is 3.44. The summed E-state index contributed by atoms with van der Waals surface area (Å²) < 4.78 is 10.7. The molecule has 0 bridgehead atoms. The van der Waals surface area contributed by atoms with Gasteiger partial charge in [-0.1, -0.05) is 17.3 Å². The van der Waals surface area contributed by atoms with Crippen LogP contribution in [0, 0.1) is 6.92 Å². The van der Waals surface area contributed by atoms with E-state index in [4.69, 9.17) is 9.26 Å². The number of benzene rings is 1. The normalized spacial score (nSPS) is 19.5. The van der Waals surface area contributed by atoms with E-state index in [0.717, 1.165) is 25.0 Å². The Morgan fingerprint density at radius 2 is 2.26 bits per heavy atom. The molecule has 1 aliphatic rings. The van der Waals surface area contributed by atoms with Crippen LogP contribution in [0.4, 0.5) is 0 Å². The Morgan fingerprint density at radius 3 is 3.05 bits per heavy atom. The molecular weight excluding hydrogens is 244 g/mol. The van der Waals surface area contributed by atoms with Crippen LogP contribution in [0.5, 0.6) is 5.75 Å². The number of nitrogens with zero attached hydrogens (tertiary/aromatic N) is 2. The van der Waals surface area contributed by atoms with Crippen LogP contribution in [0.15, 0.2) is 22.7 Å². The highest BCUT2D eigenvalue weighted by atomic mass is 16.5. The SMILES string of the molecule is Cc1cccc(-c2nc(C3CCCOC3)no2)c1O. The van der Waals surface area contributed by atoms with E-state index < -0.39 is 0 Å². The van der Waals surface area contributed by atoms with E-state index in [9.17, 15) is 5.11 Å². The first kappa shape index (κ1) is 12.2. The first-order valence-electron chi connectivity index (χ1n) is 6.46. The zero-order valence-corrected chi connectivity index (χ0v) is 10.8. The monoisotopic (exact) mass is 260 g/mol. The molecule has 1 unspecified atom stereocenters. The summed E-state index contributed by atoms with van der Waals surface area (Å²) >= 11 is 0. The number of aryl methyl sites for hydroxylation is 1. The van der Waals surface area contributed by atoms with Crippen molar-refractivity contribution in [3.05, 3.63) is 29.6 Å². The van der Waals surface area contributed by atoms with Crippen LogP contribution >= 0.6 is 0 Å². The van der Waals surface area contributed by atoms with Gasteiger partial charge in [-0.15, -0.1) is 0 Å². The lowest BCUT2D eigenvalue weighted by atomic mass is 10.0. The van der Waals surface area contributed by atoms with Crippen LogP contribution in [0.2, 0.25) is 0 Å². The van der Waals surface area contributed by atoms with E-state index in [-0.39, 0.29) is 11.7 Å². The Kier molecular flexibility index (Phi) is 3.21. The van der Waals surface area contributed by atoms with Crippen molar-refractivity contribution in [1.29, 1.82) is 0 Å². The van der Waals surface area contributed by atoms with Crippen molar-refractivity contribution in [2.24, 2.45) is 0 Å². The predicted molar refractivity (Wildman–Crippen MR) is 68.9 cm³/mol. The molecule has 0 amide bonds. The summed E-state index contributed by atoms with van der Waals surface area (Å²) in [5.41, 5.74) is 1.37. The molecule has 1 fully saturated rings. The van der Waals surface area contributed by atoms with Crippen LogP contribution in [-0.4, -0.2) is 28.5 Å².